The van der Waals surface area contributed by atoms with E-state index >= 15 is 0 Å². The van der Waals surface area contributed by atoms with E-state index in [1.54, 1.807) is 11.3 Å². The molecule has 1 unspecified atom stereocenters. The summed E-state index contributed by atoms with van der Waals surface area (Å²) in [7, 11) is 0. The molecule has 0 aliphatic carbocycles. The molecule has 6 heteroatoms. The summed E-state index contributed by atoms with van der Waals surface area (Å²) in [6, 6.07) is 1.95. The fourth-order valence-corrected chi connectivity index (χ4v) is 3.12. The molecule has 0 aliphatic rings. The van der Waals surface area contributed by atoms with Crippen LogP contribution in [0.25, 0.3) is 10.2 Å². The number of nitrogens with one attached hydrogen (secondary N) is 1. The average molecular weight is 293 g/mol. The van der Waals surface area contributed by atoms with Gasteiger partial charge in [0, 0.05) is 13.0 Å². The van der Waals surface area contributed by atoms with Gasteiger partial charge in [0.1, 0.15) is 12.1 Å². The second-order valence-electron chi connectivity index (χ2n) is 5.33. The minimum atomic E-state index is -0.749. The first-order valence-corrected chi connectivity index (χ1v) is 7.58. The standard InChI is InChI=1S/C14H19N3O2S/c1-9(2)5-10(6-12(18)19)7-15-14-13-11(3-4-20-13)16-8-17-14/h3-4,8-10H,5-7H2,1-2H3,(H,18,19)(H,15,16,17). The number of aromatic nitrogens is 2. The van der Waals surface area contributed by atoms with Crippen molar-refractivity contribution in [3.05, 3.63) is 17.8 Å². The first kappa shape index (κ1) is 14.7. The van der Waals surface area contributed by atoms with Crippen molar-refractivity contribution in [1.82, 2.24) is 9.97 Å². The highest BCUT2D eigenvalue weighted by atomic mass is 32.1. The van der Waals surface area contributed by atoms with E-state index in [9.17, 15) is 4.79 Å². The lowest BCUT2D eigenvalue weighted by Crippen LogP contribution is -2.20. The number of nitrogens with zero attached hydrogens (tertiary/aromatic N) is 2. The van der Waals surface area contributed by atoms with Gasteiger partial charge in [-0.2, -0.15) is 0 Å². The molecule has 5 nitrogen and oxygen atoms in total. The zero-order valence-corrected chi connectivity index (χ0v) is 12.5. The molecule has 1 atom stereocenters. The summed E-state index contributed by atoms with van der Waals surface area (Å²) >= 11 is 1.59. The molecule has 0 fully saturated rings. The van der Waals surface area contributed by atoms with Crippen LogP contribution in [0.3, 0.4) is 0 Å². The van der Waals surface area contributed by atoms with Gasteiger partial charge in [0.15, 0.2) is 0 Å². The minimum Gasteiger partial charge on any atom is -0.481 e. The Morgan fingerprint density at radius 2 is 2.25 bits per heavy atom. The fourth-order valence-electron chi connectivity index (χ4n) is 2.31. The Morgan fingerprint density at radius 1 is 1.45 bits per heavy atom. The molecule has 0 saturated heterocycles. The Kier molecular flexibility index (Phi) is 4.89. The molecule has 0 saturated carbocycles. The molecule has 20 heavy (non-hydrogen) atoms. The Balaban J connectivity index is 2.04. The molecule has 108 valence electrons. The van der Waals surface area contributed by atoms with Crippen molar-refractivity contribution in [2.24, 2.45) is 11.8 Å². The molecule has 2 N–H and O–H groups in total. The van der Waals surface area contributed by atoms with Crippen LogP contribution in [0.4, 0.5) is 5.82 Å². The van der Waals surface area contributed by atoms with Crippen molar-refractivity contribution < 1.29 is 9.90 Å². The summed E-state index contributed by atoms with van der Waals surface area (Å²) in [5.41, 5.74) is 0.922. The van der Waals surface area contributed by atoms with Crippen molar-refractivity contribution in [3.8, 4) is 0 Å². The second kappa shape index (κ2) is 6.65. The van der Waals surface area contributed by atoms with E-state index in [-0.39, 0.29) is 12.3 Å². The average Bonchev–Trinajstić information content (AvgIpc) is 2.83. The smallest absolute Gasteiger partial charge is 0.303 e. The van der Waals surface area contributed by atoms with E-state index in [0.717, 1.165) is 22.5 Å². The summed E-state index contributed by atoms with van der Waals surface area (Å²) in [6.07, 6.45) is 2.61. The number of hydrogen-bond acceptors (Lipinski definition) is 5. The van der Waals surface area contributed by atoms with E-state index in [1.165, 1.54) is 6.33 Å². The minimum absolute atomic E-state index is 0.109. The quantitative estimate of drug-likeness (QED) is 0.819. The highest BCUT2D eigenvalue weighted by Gasteiger charge is 2.16. The Hall–Kier alpha value is -1.69. The highest BCUT2D eigenvalue weighted by molar-refractivity contribution is 7.17. The number of carboxylic acids is 1. The van der Waals surface area contributed by atoms with Crippen LogP contribution in [-0.2, 0) is 4.79 Å². The molecule has 2 heterocycles. The predicted octanol–water partition coefficient (Wildman–Crippen LogP) is 3.24. The van der Waals surface area contributed by atoms with Gasteiger partial charge in [0.2, 0.25) is 0 Å². The van der Waals surface area contributed by atoms with Crippen LogP contribution in [-0.4, -0.2) is 27.6 Å². The fraction of sp³-hybridized carbons (Fsp3) is 0.500. The van der Waals surface area contributed by atoms with Crippen molar-refractivity contribution in [2.45, 2.75) is 26.7 Å². The van der Waals surface area contributed by atoms with Crippen LogP contribution < -0.4 is 5.32 Å². The Bertz CT molecular complexity index is 583. The predicted molar refractivity (Wildman–Crippen MR) is 81.1 cm³/mol. The van der Waals surface area contributed by atoms with Crippen molar-refractivity contribution in [1.29, 1.82) is 0 Å². The van der Waals surface area contributed by atoms with Gasteiger partial charge in [0.25, 0.3) is 0 Å². The number of rotatable bonds is 7. The summed E-state index contributed by atoms with van der Waals surface area (Å²) in [4.78, 5) is 19.4. The molecule has 0 radical (unpaired) electrons. The lowest BCUT2D eigenvalue weighted by atomic mass is 9.94. The first-order chi connectivity index (χ1) is 9.56. The molecule has 0 aliphatic heterocycles. The topological polar surface area (TPSA) is 75.1 Å². The SMILES string of the molecule is CC(C)CC(CNc1ncnc2ccsc12)CC(=O)O. The number of carboxylic acid groups (broad SMARTS) is 1. The van der Waals surface area contributed by atoms with Crippen molar-refractivity contribution >= 4 is 33.3 Å². The number of hydrogen-bond donors (Lipinski definition) is 2. The Morgan fingerprint density at radius 3 is 2.95 bits per heavy atom. The molecule has 2 aromatic rings. The summed E-state index contributed by atoms with van der Waals surface area (Å²) < 4.78 is 1.02. The van der Waals surface area contributed by atoms with Crippen LogP contribution in [0.5, 0.6) is 0 Å². The maximum Gasteiger partial charge on any atom is 0.303 e. The maximum absolute atomic E-state index is 10.9. The van der Waals surface area contributed by atoms with E-state index < -0.39 is 5.97 Å². The van der Waals surface area contributed by atoms with Gasteiger partial charge < -0.3 is 10.4 Å². The summed E-state index contributed by atoms with van der Waals surface area (Å²) in [6.45, 7) is 4.84. The number of thiophene rings is 1. The molecule has 0 amide bonds. The third-order valence-electron chi connectivity index (χ3n) is 3.07. The van der Waals surface area contributed by atoms with Crippen LogP contribution in [0.15, 0.2) is 17.8 Å². The van der Waals surface area contributed by atoms with Crippen LogP contribution >= 0.6 is 11.3 Å². The normalized spacial score (nSPS) is 12.8. The van der Waals surface area contributed by atoms with Crippen LogP contribution in [0.2, 0.25) is 0 Å². The monoisotopic (exact) mass is 293 g/mol. The third-order valence-corrected chi connectivity index (χ3v) is 3.98. The highest BCUT2D eigenvalue weighted by Crippen LogP contribution is 2.25. The largest absolute Gasteiger partial charge is 0.481 e. The molecule has 0 aromatic carbocycles. The molecule has 0 spiro atoms. The molecular weight excluding hydrogens is 274 g/mol. The van der Waals surface area contributed by atoms with Crippen LogP contribution in [0.1, 0.15) is 26.7 Å². The van der Waals surface area contributed by atoms with Gasteiger partial charge in [-0.1, -0.05) is 13.8 Å². The van der Waals surface area contributed by atoms with Gasteiger partial charge in [-0.15, -0.1) is 11.3 Å². The van der Waals surface area contributed by atoms with Gasteiger partial charge in [0.05, 0.1) is 10.2 Å². The van der Waals surface area contributed by atoms with E-state index in [1.807, 2.05) is 11.4 Å². The molecule has 2 aromatic heterocycles. The van der Waals surface area contributed by atoms with Gasteiger partial charge in [-0.05, 0) is 29.7 Å². The lowest BCUT2D eigenvalue weighted by Gasteiger charge is -2.18. The van der Waals surface area contributed by atoms with E-state index in [0.29, 0.717) is 12.5 Å². The van der Waals surface area contributed by atoms with Gasteiger partial charge in [-0.3, -0.25) is 4.79 Å². The zero-order chi connectivity index (χ0) is 14.5. The summed E-state index contributed by atoms with van der Waals surface area (Å²) in [5, 5.41) is 14.2. The number of carbonyl (C=O) groups is 1. The lowest BCUT2D eigenvalue weighted by molar-refractivity contribution is -0.138. The summed E-state index contributed by atoms with van der Waals surface area (Å²) in [5.74, 6) is 0.635. The van der Waals surface area contributed by atoms with E-state index in [2.05, 4.69) is 29.1 Å². The first-order valence-electron chi connectivity index (χ1n) is 6.70. The molecule has 2 rings (SSSR count). The van der Waals surface area contributed by atoms with Crippen LogP contribution in [0, 0.1) is 11.8 Å². The Labute approximate surface area is 122 Å². The molecule has 0 bridgehead atoms. The third kappa shape index (κ3) is 3.90. The van der Waals surface area contributed by atoms with Gasteiger partial charge in [-0.25, -0.2) is 9.97 Å². The van der Waals surface area contributed by atoms with Gasteiger partial charge >= 0.3 is 5.97 Å². The maximum atomic E-state index is 10.9. The van der Waals surface area contributed by atoms with Crippen molar-refractivity contribution in [3.63, 3.8) is 0 Å². The zero-order valence-electron chi connectivity index (χ0n) is 11.7. The molecular formula is C14H19N3O2S. The van der Waals surface area contributed by atoms with E-state index in [4.69, 9.17) is 5.11 Å². The number of fused-ring (bicyclic) bond motifs is 1. The second-order valence-corrected chi connectivity index (χ2v) is 6.25. The number of aliphatic carboxylic acids is 1. The number of anilines is 1. The van der Waals surface area contributed by atoms with Crippen molar-refractivity contribution in [2.75, 3.05) is 11.9 Å².